The van der Waals surface area contributed by atoms with Gasteiger partial charge < -0.3 is 36.8 Å². The second-order valence-corrected chi connectivity index (χ2v) is 12.5. The highest BCUT2D eigenvalue weighted by Crippen LogP contribution is 2.39. The lowest BCUT2D eigenvalue weighted by Gasteiger charge is -2.29. The van der Waals surface area contributed by atoms with E-state index in [4.69, 9.17) is 5.73 Å². The third kappa shape index (κ3) is 9.63. The SMILES string of the molecule is CCC(=O)N[C@H](CCN)C(=O)N[C@H](C)C(=O)CCC(=O)N(C)[C@@H]1C(=O)C[C@@H](C)C(=O)N[C@H](C)Cc2ccc(O)c(c2)-c2cc1ccc2O. The molecule has 0 saturated carbocycles. The summed E-state index contributed by atoms with van der Waals surface area (Å²) in [7, 11) is 1.43. The molecule has 0 spiro atoms. The van der Waals surface area contributed by atoms with Crippen LogP contribution in [0.15, 0.2) is 36.4 Å². The van der Waals surface area contributed by atoms with E-state index in [2.05, 4.69) is 16.0 Å². The molecule has 2 aromatic rings. The first-order valence-corrected chi connectivity index (χ1v) is 16.2. The van der Waals surface area contributed by atoms with Crippen molar-refractivity contribution in [3.05, 3.63) is 47.5 Å². The number of aromatic hydroxyl groups is 2. The number of benzene rings is 2. The van der Waals surface area contributed by atoms with E-state index < -0.39 is 47.4 Å². The fourth-order valence-electron chi connectivity index (χ4n) is 5.68. The summed E-state index contributed by atoms with van der Waals surface area (Å²) in [6.07, 6.45) is 0.0970. The molecule has 0 radical (unpaired) electrons. The van der Waals surface area contributed by atoms with Crippen LogP contribution in [0.3, 0.4) is 0 Å². The Hall–Kier alpha value is -4.78. The van der Waals surface area contributed by atoms with Crippen LogP contribution >= 0.6 is 0 Å². The fraction of sp³-hybridized carbons (Fsp3) is 0.486. The molecule has 260 valence electrons. The third-order valence-electron chi connectivity index (χ3n) is 8.51. The van der Waals surface area contributed by atoms with Crippen LogP contribution in [-0.4, -0.2) is 82.0 Å². The molecule has 48 heavy (non-hydrogen) atoms. The Morgan fingerprint density at radius 3 is 2.27 bits per heavy atom. The molecule has 2 aromatic carbocycles. The van der Waals surface area contributed by atoms with E-state index in [-0.39, 0.29) is 73.6 Å². The number of hydrogen-bond acceptors (Lipinski definition) is 9. The minimum absolute atomic E-state index is 0.0993. The van der Waals surface area contributed by atoms with Crippen molar-refractivity contribution in [3.8, 4) is 22.6 Å². The van der Waals surface area contributed by atoms with Crippen LogP contribution in [0.5, 0.6) is 11.5 Å². The predicted octanol–water partition coefficient (Wildman–Crippen LogP) is 2.02. The lowest BCUT2D eigenvalue weighted by atomic mass is 9.90. The minimum atomic E-state index is -1.18. The van der Waals surface area contributed by atoms with Gasteiger partial charge in [-0.05, 0) is 68.6 Å². The van der Waals surface area contributed by atoms with Crippen molar-refractivity contribution in [2.75, 3.05) is 13.6 Å². The molecule has 4 bridgehead atoms. The van der Waals surface area contributed by atoms with Crippen molar-refractivity contribution >= 4 is 35.2 Å². The van der Waals surface area contributed by atoms with E-state index in [1.54, 1.807) is 26.0 Å². The predicted molar refractivity (Wildman–Crippen MR) is 179 cm³/mol. The van der Waals surface area contributed by atoms with Gasteiger partial charge in [0, 0.05) is 55.8 Å². The molecule has 0 aliphatic carbocycles. The number of phenolic OH excluding ortho intramolecular Hbond substituents is 2. The number of nitrogens with zero attached hydrogens (tertiary/aromatic N) is 1. The summed E-state index contributed by atoms with van der Waals surface area (Å²) in [6, 6.07) is 6.03. The van der Waals surface area contributed by atoms with Crippen molar-refractivity contribution in [1.82, 2.24) is 20.9 Å². The summed E-state index contributed by atoms with van der Waals surface area (Å²) in [6.45, 7) is 6.72. The lowest BCUT2D eigenvalue weighted by molar-refractivity contribution is -0.140. The Bertz CT molecular complexity index is 1540. The monoisotopic (exact) mass is 665 g/mol. The quantitative estimate of drug-likeness (QED) is 0.207. The molecule has 1 heterocycles. The number of nitrogens with two attached hydrogens (primary N) is 1. The first-order chi connectivity index (χ1) is 22.7. The van der Waals surface area contributed by atoms with Crippen LogP contribution in [0.4, 0.5) is 0 Å². The first kappa shape index (κ1) is 37.7. The molecule has 4 amide bonds. The zero-order valence-corrected chi connectivity index (χ0v) is 28.2. The van der Waals surface area contributed by atoms with Gasteiger partial charge in [-0.25, -0.2) is 0 Å². The number of carbonyl (C=O) groups excluding carboxylic acids is 6. The van der Waals surface area contributed by atoms with Gasteiger partial charge in [0.15, 0.2) is 11.6 Å². The van der Waals surface area contributed by atoms with Gasteiger partial charge in [-0.3, -0.25) is 28.8 Å². The van der Waals surface area contributed by atoms with E-state index in [1.807, 2.05) is 6.92 Å². The Labute approximate surface area is 280 Å². The average molecular weight is 666 g/mol. The molecule has 1 aliphatic rings. The number of fused-ring (bicyclic) bond motifs is 5. The summed E-state index contributed by atoms with van der Waals surface area (Å²) >= 11 is 0. The number of rotatable bonds is 11. The molecule has 13 heteroatoms. The molecule has 5 atom stereocenters. The smallest absolute Gasteiger partial charge is 0.243 e. The second-order valence-electron chi connectivity index (χ2n) is 12.5. The number of hydrogen-bond donors (Lipinski definition) is 6. The number of carbonyl (C=O) groups is 6. The maximum atomic E-state index is 13.8. The second kappa shape index (κ2) is 16.9. The summed E-state index contributed by atoms with van der Waals surface area (Å²) in [5.41, 5.74) is 7.31. The molecule has 3 rings (SSSR count). The van der Waals surface area contributed by atoms with Crippen molar-refractivity contribution in [3.63, 3.8) is 0 Å². The van der Waals surface area contributed by atoms with Gasteiger partial charge in [-0.15, -0.1) is 0 Å². The molecular formula is C35H47N5O8. The Balaban J connectivity index is 1.86. The number of likely N-dealkylation sites (N-methyl/N-ethyl adjacent to an activating group) is 1. The number of nitrogens with one attached hydrogen (secondary N) is 3. The Morgan fingerprint density at radius 2 is 1.62 bits per heavy atom. The molecule has 13 nitrogen and oxygen atoms in total. The van der Waals surface area contributed by atoms with Crippen molar-refractivity contribution < 1.29 is 39.0 Å². The van der Waals surface area contributed by atoms with Gasteiger partial charge in [0.1, 0.15) is 23.6 Å². The highest BCUT2D eigenvalue weighted by molar-refractivity contribution is 5.96. The number of Topliss-reactive ketones (excluding diaryl/α,β-unsaturated/α-hetero) is 2. The van der Waals surface area contributed by atoms with Crippen molar-refractivity contribution in [2.24, 2.45) is 11.7 Å². The molecule has 0 saturated heterocycles. The van der Waals surface area contributed by atoms with Crippen LogP contribution in [0.25, 0.3) is 11.1 Å². The number of phenols is 2. The molecule has 0 unspecified atom stereocenters. The first-order valence-electron chi connectivity index (χ1n) is 16.2. The van der Waals surface area contributed by atoms with Crippen LogP contribution < -0.4 is 21.7 Å². The molecule has 0 fully saturated rings. The van der Waals surface area contributed by atoms with Gasteiger partial charge in [-0.1, -0.05) is 26.0 Å². The maximum absolute atomic E-state index is 13.8. The topological polar surface area (TPSA) is 208 Å². The summed E-state index contributed by atoms with van der Waals surface area (Å²) in [5, 5.41) is 29.6. The minimum Gasteiger partial charge on any atom is -0.507 e. The Morgan fingerprint density at radius 1 is 0.979 bits per heavy atom. The highest BCUT2D eigenvalue weighted by atomic mass is 16.3. The molecule has 0 aromatic heterocycles. The van der Waals surface area contributed by atoms with Crippen molar-refractivity contribution in [1.29, 1.82) is 0 Å². The maximum Gasteiger partial charge on any atom is 0.243 e. The normalized spacial score (nSPS) is 19.2. The highest BCUT2D eigenvalue weighted by Gasteiger charge is 2.33. The largest absolute Gasteiger partial charge is 0.507 e. The van der Waals surface area contributed by atoms with Crippen LogP contribution in [0.2, 0.25) is 0 Å². The van der Waals surface area contributed by atoms with Gasteiger partial charge in [-0.2, -0.15) is 0 Å². The fourth-order valence-corrected chi connectivity index (χ4v) is 5.68. The third-order valence-corrected chi connectivity index (χ3v) is 8.51. The van der Waals surface area contributed by atoms with Crippen LogP contribution in [0.1, 0.15) is 77.0 Å². The number of ketones is 2. The summed E-state index contributed by atoms with van der Waals surface area (Å²) in [5.74, 6) is -3.58. The standard InChI is InChI=1S/C35H47N5O8/c1-6-31(45)39-26(13-14-36)35(48)38-21(4)27(41)11-12-32(46)40(5)33-23-8-10-29(43)25(18-23)24-17-22(7-9-28(24)42)16-20(3)37-34(47)19(2)15-30(33)44/h7-10,17-21,26,33,42-43H,6,11-16,36H2,1-5H3,(H,37,47)(H,38,48)(H,39,45)/t19-,20-,21-,26-,33+/m1/s1. The van der Waals surface area contributed by atoms with E-state index >= 15 is 0 Å². The van der Waals surface area contributed by atoms with Crippen LogP contribution in [-0.2, 0) is 35.2 Å². The van der Waals surface area contributed by atoms with Gasteiger partial charge in [0.2, 0.25) is 23.6 Å². The van der Waals surface area contributed by atoms with E-state index in [0.717, 1.165) is 5.56 Å². The molecule has 7 N–H and O–H groups in total. The van der Waals surface area contributed by atoms with E-state index in [0.29, 0.717) is 17.5 Å². The number of amides is 4. The van der Waals surface area contributed by atoms with Gasteiger partial charge in [0.25, 0.3) is 0 Å². The van der Waals surface area contributed by atoms with Crippen molar-refractivity contribution in [2.45, 2.75) is 90.4 Å². The summed E-state index contributed by atoms with van der Waals surface area (Å²) in [4.78, 5) is 79.1. The van der Waals surface area contributed by atoms with Gasteiger partial charge >= 0.3 is 0 Å². The average Bonchev–Trinajstić information content (AvgIpc) is 3.04. The lowest BCUT2D eigenvalue weighted by Crippen LogP contribution is -2.51. The zero-order chi connectivity index (χ0) is 35.7. The van der Waals surface area contributed by atoms with Gasteiger partial charge in [0.05, 0.1) is 6.04 Å². The van der Waals surface area contributed by atoms with E-state index in [1.165, 1.54) is 43.1 Å². The molecular weight excluding hydrogens is 618 g/mol. The van der Waals surface area contributed by atoms with E-state index in [9.17, 15) is 39.0 Å². The summed E-state index contributed by atoms with van der Waals surface area (Å²) < 4.78 is 0. The Kier molecular flexibility index (Phi) is 13.2. The zero-order valence-electron chi connectivity index (χ0n) is 28.2. The van der Waals surface area contributed by atoms with Crippen LogP contribution in [0, 0.1) is 5.92 Å². The molecule has 1 aliphatic heterocycles.